The van der Waals surface area contributed by atoms with E-state index in [9.17, 15) is 20.0 Å². The first kappa shape index (κ1) is 13.4. The smallest absolute Gasteiger partial charge is 0.336 e. The monoisotopic (exact) mass is 226 g/mol. The summed E-state index contributed by atoms with van der Waals surface area (Å²) >= 11 is 0. The lowest BCUT2D eigenvalue weighted by Crippen LogP contribution is -2.51. The van der Waals surface area contributed by atoms with Crippen LogP contribution in [0.5, 0.6) is 0 Å². The van der Waals surface area contributed by atoms with Crippen LogP contribution >= 0.6 is 0 Å². The van der Waals surface area contributed by atoms with Crippen molar-refractivity contribution in [3.05, 3.63) is 39.9 Å². The van der Waals surface area contributed by atoms with E-state index in [0.717, 1.165) is 24.3 Å². The minimum absolute atomic E-state index is 0.0689. The molecule has 86 valence electrons. The van der Waals surface area contributed by atoms with Crippen molar-refractivity contribution in [1.29, 1.82) is 0 Å². The number of hydrogen-bond acceptors (Lipinski definition) is 4. The van der Waals surface area contributed by atoms with Crippen molar-refractivity contribution in [3.8, 4) is 0 Å². The maximum atomic E-state index is 10.2. The fraction of sp³-hybridized carbons (Fsp3) is 0. The highest BCUT2D eigenvalue weighted by Gasteiger charge is 2.03. The van der Waals surface area contributed by atoms with Crippen LogP contribution < -0.4 is 22.0 Å². The summed E-state index contributed by atoms with van der Waals surface area (Å²) in [5.41, 5.74) is 8.96. The summed E-state index contributed by atoms with van der Waals surface area (Å²) in [6.07, 6.45) is 0. The maximum Gasteiger partial charge on any atom is 0.336 e. The molecule has 0 saturated heterocycles. The van der Waals surface area contributed by atoms with Gasteiger partial charge in [-0.05, 0) is 17.7 Å². The second-order valence-electron chi connectivity index (χ2n) is 2.59. The number of aromatic carboxylic acids is 1. The number of guanidine groups is 1. The topological polar surface area (TPSA) is 161 Å². The number of nitro benzene ring substituents is 1. The normalized spacial score (nSPS) is 8.50. The molecule has 0 aliphatic carbocycles. The van der Waals surface area contributed by atoms with Gasteiger partial charge in [-0.1, -0.05) is 0 Å². The Hall–Kier alpha value is -2.64. The molecule has 0 fully saturated rings. The first-order chi connectivity index (χ1) is 7.34. The zero-order valence-electron chi connectivity index (χ0n) is 8.12. The summed E-state index contributed by atoms with van der Waals surface area (Å²) in [5.74, 6) is -1.43. The average Bonchev–Trinajstić information content (AvgIpc) is 2.17. The Balaban J connectivity index is 0.000000487. The standard InChI is InChI=1S/C7H5NO4.CH5N3/c9-7(10)5-1-3-6(4-2-5)8(11)12;2-1(3)4/h1-4H,(H,9,10);(H5,2,3,4). The predicted octanol–water partition coefficient (Wildman–Crippen LogP) is -3.02. The van der Waals surface area contributed by atoms with Crippen LogP contribution in [0.25, 0.3) is 0 Å². The number of non-ortho nitro benzene ring substituents is 1. The number of rotatable bonds is 2. The second-order valence-corrected chi connectivity index (χ2v) is 2.59. The molecule has 16 heavy (non-hydrogen) atoms. The predicted molar refractivity (Wildman–Crippen MR) is 52.7 cm³/mol. The van der Waals surface area contributed by atoms with Crippen molar-refractivity contribution >= 4 is 17.6 Å². The molecule has 0 saturated carbocycles. The van der Waals surface area contributed by atoms with E-state index in [0.29, 0.717) is 0 Å². The number of carbonyl (C=O) groups excluding carboxylic acids is 1. The van der Waals surface area contributed by atoms with Crippen LogP contribution in [0.3, 0.4) is 0 Å². The molecule has 0 atom stereocenters. The van der Waals surface area contributed by atoms with E-state index in [4.69, 9.17) is 0 Å². The van der Waals surface area contributed by atoms with Gasteiger partial charge in [-0.25, -0.2) is 0 Å². The maximum absolute atomic E-state index is 10.2. The van der Waals surface area contributed by atoms with E-state index >= 15 is 0 Å². The van der Waals surface area contributed by atoms with Crippen LogP contribution in [0.4, 0.5) is 5.69 Å². The third kappa shape index (κ3) is 5.17. The zero-order chi connectivity index (χ0) is 12.7. The van der Waals surface area contributed by atoms with Crippen LogP contribution in [0.15, 0.2) is 24.3 Å². The van der Waals surface area contributed by atoms with Crippen molar-refractivity contribution in [2.24, 2.45) is 11.5 Å². The number of carboxylic acids is 1. The highest BCUT2D eigenvalue weighted by atomic mass is 16.6. The highest BCUT2D eigenvalue weighted by Crippen LogP contribution is 2.10. The zero-order valence-corrected chi connectivity index (χ0v) is 8.12. The van der Waals surface area contributed by atoms with Gasteiger partial charge >= 0.3 is 5.96 Å². The SMILES string of the molecule is NC(N)=[NH2+].O=C([O-])c1ccc([N+](=O)[O-])cc1. The van der Waals surface area contributed by atoms with E-state index < -0.39 is 10.9 Å². The third-order valence-corrected chi connectivity index (χ3v) is 1.31. The van der Waals surface area contributed by atoms with E-state index in [2.05, 4.69) is 16.9 Å². The number of hydrogen-bond donors (Lipinski definition) is 3. The summed E-state index contributed by atoms with van der Waals surface area (Å²) in [6.45, 7) is 0. The molecule has 0 unspecified atom stereocenters. The number of carboxylic acid groups (broad SMARTS) is 1. The quantitative estimate of drug-likeness (QED) is 0.210. The molecule has 8 heteroatoms. The number of nitro groups is 1. The molecule has 1 rings (SSSR count). The Kier molecular flexibility index (Phi) is 4.98. The second kappa shape index (κ2) is 5.96. The van der Waals surface area contributed by atoms with Crippen LogP contribution in [-0.2, 0) is 0 Å². The van der Waals surface area contributed by atoms with Gasteiger partial charge in [0.05, 0.1) is 10.9 Å². The van der Waals surface area contributed by atoms with Crippen molar-refractivity contribution in [1.82, 2.24) is 0 Å². The summed E-state index contributed by atoms with van der Waals surface area (Å²) in [6, 6.07) is 4.50. The molecule has 8 nitrogen and oxygen atoms in total. The Morgan fingerprint density at radius 2 is 1.62 bits per heavy atom. The molecule has 0 aromatic heterocycles. The van der Waals surface area contributed by atoms with Gasteiger partial charge in [0.2, 0.25) is 0 Å². The molecule has 1 aromatic carbocycles. The minimum Gasteiger partial charge on any atom is -0.545 e. The third-order valence-electron chi connectivity index (χ3n) is 1.31. The van der Waals surface area contributed by atoms with Crippen molar-refractivity contribution in [3.63, 3.8) is 0 Å². The van der Waals surface area contributed by atoms with Gasteiger partial charge in [-0.15, -0.1) is 0 Å². The van der Waals surface area contributed by atoms with E-state index in [1.807, 2.05) is 0 Å². The fourth-order valence-electron chi connectivity index (χ4n) is 0.719. The summed E-state index contributed by atoms with van der Waals surface area (Å²) in [4.78, 5) is 19.7. The fourth-order valence-corrected chi connectivity index (χ4v) is 0.719. The van der Waals surface area contributed by atoms with Crippen molar-refractivity contribution < 1.29 is 20.2 Å². The molecule has 1 aromatic rings. The lowest BCUT2D eigenvalue weighted by Gasteiger charge is -1.99. The van der Waals surface area contributed by atoms with Crippen LogP contribution in [0.2, 0.25) is 0 Å². The van der Waals surface area contributed by atoms with Crippen LogP contribution in [0, 0.1) is 10.1 Å². The van der Waals surface area contributed by atoms with Crippen LogP contribution in [-0.4, -0.2) is 16.9 Å². The molecule has 0 spiro atoms. The molecule has 0 aliphatic rings. The van der Waals surface area contributed by atoms with Gasteiger partial charge in [0, 0.05) is 12.1 Å². The molecule has 0 bridgehead atoms. The van der Waals surface area contributed by atoms with Gasteiger partial charge in [0.15, 0.2) is 0 Å². The summed E-state index contributed by atoms with van der Waals surface area (Å²) in [5, 5.41) is 24.9. The first-order valence-electron chi connectivity index (χ1n) is 3.93. The van der Waals surface area contributed by atoms with E-state index in [1.165, 1.54) is 0 Å². The van der Waals surface area contributed by atoms with E-state index in [-0.39, 0.29) is 17.2 Å². The van der Waals surface area contributed by atoms with Gasteiger partial charge < -0.3 is 9.90 Å². The molecule has 6 N–H and O–H groups in total. The van der Waals surface area contributed by atoms with Crippen molar-refractivity contribution in [2.45, 2.75) is 0 Å². The Bertz CT molecular complexity index is 364. The van der Waals surface area contributed by atoms with Crippen LogP contribution in [0.1, 0.15) is 10.4 Å². The van der Waals surface area contributed by atoms with Gasteiger partial charge in [0.25, 0.3) is 5.69 Å². The lowest BCUT2D eigenvalue weighted by atomic mass is 10.2. The molecule has 0 amide bonds. The Morgan fingerprint density at radius 1 is 1.25 bits per heavy atom. The first-order valence-corrected chi connectivity index (χ1v) is 3.93. The highest BCUT2D eigenvalue weighted by molar-refractivity contribution is 5.85. The van der Waals surface area contributed by atoms with Gasteiger partial charge in [0.1, 0.15) is 0 Å². The number of nitrogens with zero attached hydrogens (tertiary/aromatic N) is 1. The number of benzene rings is 1. The Morgan fingerprint density at radius 3 is 1.88 bits per heavy atom. The summed E-state index contributed by atoms with van der Waals surface area (Å²) in [7, 11) is 0. The molecule has 0 aliphatic heterocycles. The van der Waals surface area contributed by atoms with E-state index in [1.54, 1.807) is 0 Å². The molecule has 0 heterocycles. The largest absolute Gasteiger partial charge is 0.545 e. The molecule has 0 radical (unpaired) electrons. The lowest BCUT2D eigenvalue weighted by molar-refractivity contribution is -0.384. The van der Waals surface area contributed by atoms with Gasteiger partial charge in [-0.2, -0.15) is 0 Å². The minimum atomic E-state index is -1.34. The Labute approximate surface area is 90.1 Å². The average molecular weight is 226 g/mol. The van der Waals surface area contributed by atoms with Crippen molar-refractivity contribution in [2.75, 3.05) is 0 Å². The molecular weight excluding hydrogens is 216 g/mol. The molecular formula is C8H10N4O4. The number of carbonyl (C=O) groups is 1. The number of nitrogens with two attached hydrogens (primary N) is 3. The van der Waals surface area contributed by atoms with Gasteiger partial charge in [-0.3, -0.25) is 27.0 Å². The summed E-state index contributed by atoms with van der Waals surface area (Å²) < 4.78 is 0.